The molecule has 0 aliphatic carbocycles. The number of aryl methyl sites for hydroxylation is 1. The summed E-state index contributed by atoms with van der Waals surface area (Å²) in [5.74, 6) is 0.185. The quantitative estimate of drug-likeness (QED) is 0.701. The third kappa shape index (κ3) is 4.03. The maximum atomic E-state index is 12.6. The van der Waals surface area contributed by atoms with Crippen LogP contribution in [-0.2, 0) is 0 Å². The second kappa shape index (κ2) is 7.44. The first-order valence-electron chi connectivity index (χ1n) is 7.74. The molecule has 0 saturated carbocycles. The van der Waals surface area contributed by atoms with E-state index in [2.05, 4.69) is 31.2 Å². The molecular formula is C19H17BrN4O. The molecule has 1 heterocycles. The Balaban J connectivity index is 1.81. The SMILES string of the molecule is Cc1ccc(Nc2nccc(C(=O)N(C)c3ccccc3)n2)cc1Br. The molecule has 0 bridgehead atoms. The molecular weight excluding hydrogens is 380 g/mol. The number of para-hydroxylation sites is 1. The third-order valence-corrected chi connectivity index (χ3v) is 4.61. The molecule has 0 aliphatic heterocycles. The van der Waals surface area contributed by atoms with Crippen LogP contribution in [0.2, 0.25) is 0 Å². The summed E-state index contributed by atoms with van der Waals surface area (Å²) in [6.45, 7) is 2.02. The molecule has 2 aromatic carbocycles. The first kappa shape index (κ1) is 17.1. The maximum absolute atomic E-state index is 12.6. The second-order valence-electron chi connectivity index (χ2n) is 5.55. The predicted molar refractivity (Wildman–Crippen MR) is 103 cm³/mol. The van der Waals surface area contributed by atoms with Gasteiger partial charge in [-0.3, -0.25) is 4.79 Å². The fourth-order valence-electron chi connectivity index (χ4n) is 2.28. The van der Waals surface area contributed by atoms with Gasteiger partial charge < -0.3 is 10.2 Å². The lowest BCUT2D eigenvalue weighted by Gasteiger charge is -2.17. The Morgan fingerprint density at radius 1 is 1.12 bits per heavy atom. The van der Waals surface area contributed by atoms with Crippen LogP contribution in [0.1, 0.15) is 16.1 Å². The molecule has 0 saturated heterocycles. The van der Waals surface area contributed by atoms with Gasteiger partial charge in [0.25, 0.3) is 5.91 Å². The number of aromatic nitrogens is 2. The van der Waals surface area contributed by atoms with E-state index in [0.717, 1.165) is 21.4 Å². The Morgan fingerprint density at radius 3 is 2.60 bits per heavy atom. The van der Waals surface area contributed by atoms with E-state index in [4.69, 9.17) is 0 Å². The standard InChI is InChI=1S/C19H17BrN4O/c1-13-8-9-14(12-16(13)20)22-19-21-11-10-17(23-19)18(25)24(2)15-6-4-3-5-7-15/h3-12H,1-2H3,(H,21,22,23). The van der Waals surface area contributed by atoms with E-state index < -0.39 is 0 Å². The van der Waals surface area contributed by atoms with Crippen molar-refractivity contribution < 1.29 is 4.79 Å². The van der Waals surface area contributed by atoms with Crippen molar-refractivity contribution in [2.24, 2.45) is 0 Å². The summed E-state index contributed by atoms with van der Waals surface area (Å²) in [6, 6.07) is 16.9. The molecule has 126 valence electrons. The minimum atomic E-state index is -0.193. The summed E-state index contributed by atoms with van der Waals surface area (Å²) in [6.07, 6.45) is 1.57. The largest absolute Gasteiger partial charge is 0.324 e. The van der Waals surface area contributed by atoms with Gasteiger partial charge in [-0.05, 0) is 42.8 Å². The van der Waals surface area contributed by atoms with Crippen LogP contribution in [0.15, 0.2) is 65.3 Å². The van der Waals surface area contributed by atoms with E-state index in [1.165, 1.54) is 0 Å². The van der Waals surface area contributed by atoms with Crippen LogP contribution in [0, 0.1) is 6.92 Å². The summed E-state index contributed by atoms with van der Waals surface area (Å²) in [5.41, 5.74) is 3.12. The van der Waals surface area contributed by atoms with Gasteiger partial charge in [-0.15, -0.1) is 0 Å². The van der Waals surface area contributed by atoms with E-state index in [1.54, 1.807) is 24.2 Å². The van der Waals surface area contributed by atoms with Crippen molar-refractivity contribution in [3.05, 3.63) is 76.5 Å². The van der Waals surface area contributed by atoms with Crippen molar-refractivity contribution in [2.75, 3.05) is 17.3 Å². The predicted octanol–water partition coefficient (Wildman–Crippen LogP) is 4.57. The molecule has 25 heavy (non-hydrogen) atoms. The van der Waals surface area contributed by atoms with E-state index in [1.807, 2.05) is 55.5 Å². The molecule has 0 radical (unpaired) electrons. The smallest absolute Gasteiger partial charge is 0.276 e. The number of carbonyl (C=O) groups is 1. The minimum Gasteiger partial charge on any atom is -0.324 e. The highest BCUT2D eigenvalue weighted by Crippen LogP contribution is 2.22. The summed E-state index contributed by atoms with van der Waals surface area (Å²) in [4.78, 5) is 22.7. The topological polar surface area (TPSA) is 58.1 Å². The average Bonchev–Trinajstić information content (AvgIpc) is 2.64. The summed E-state index contributed by atoms with van der Waals surface area (Å²) >= 11 is 3.50. The number of carbonyl (C=O) groups excluding carboxylic acids is 1. The lowest BCUT2D eigenvalue weighted by atomic mass is 10.2. The summed E-state index contributed by atoms with van der Waals surface area (Å²) < 4.78 is 0.994. The highest BCUT2D eigenvalue weighted by Gasteiger charge is 2.15. The van der Waals surface area contributed by atoms with Crippen LogP contribution in [-0.4, -0.2) is 22.9 Å². The minimum absolute atomic E-state index is 0.193. The van der Waals surface area contributed by atoms with Gasteiger partial charge in [-0.2, -0.15) is 0 Å². The number of nitrogens with zero attached hydrogens (tertiary/aromatic N) is 3. The highest BCUT2D eigenvalue weighted by molar-refractivity contribution is 9.10. The van der Waals surface area contributed by atoms with Crippen molar-refractivity contribution in [1.29, 1.82) is 0 Å². The molecule has 0 atom stereocenters. The van der Waals surface area contributed by atoms with Gasteiger partial charge in [0.2, 0.25) is 5.95 Å². The molecule has 6 heteroatoms. The Labute approximate surface area is 154 Å². The van der Waals surface area contributed by atoms with Gasteiger partial charge in [0, 0.05) is 29.1 Å². The molecule has 1 amide bonds. The zero-order valence-electron chi connectivity index (χ0n) is 13.9. The first-order valence-corrected chi connectivity index (χ1v) is 8.53. The molecule has 5 nitrogen and oxygen atoms in total. The van der Waals surface area contributed by atoms with Gasteiger partial charge in [-0.1, -0.05) is 40.2 Å². The van der Waals surface area contributed by atoms with E-state index in [-0.39, 0.29) is 5.91 Å². The molecule has 0 spiro atoms. The monoisotopic (exact) mass is 396 g/mol. The van der Waals surface area contributed by atoms with Crippen LogP contribution in [0.4, 0.5) is 17.3 Å². The summed E-state index contributed by atoms with van der Waals surface area (Å²) in [7, 11) is 1.73. The molecule has 0 fully saturated rings. The van der Waals surface area contributed by atoms with Crippen LogP contribution < -0.4 is 10.2 Å². The van der Waals surface area contributed by atoms with Gasteiger partial charge in [0.1, 0.15) is 5.69 Å². The summed E-state index contributed by atoms with van der Waals surface area (Å²) in [5, 5.41) is 3.12. The van der Waals surface area contributed by atoms with Gasteiger partial charge in [0.05, 0.1) is 0 Å². The molecule has 3 aromatic rings. The van der Waals surface area contributed by atoms with E-state index in [9.17, 15) is 4.79 Å². The number of benzene rings is 2. The second-order valence-corrected chi connectivity index (χ2v) is 6.41. The number of halogens is 1. The Morgan fingerprint density at radius 2 is 1.88 bits per heavy atom. The number of hydrogen-bond acceptors (Lipinski definition) is 4. The van der Waals surface area contributed by atoms with Gasteiger partial charge >= 0.3 is 0 Å². The van der Waals surface area contributed by atoms with E-state index in [0.29, 0.717) is 11.6 Å². The van der Waals surface area contributed by atoms with Crippen molar-refractivity contribution in [3.63, 3.8) is 0 Å². The van der Waals surface area contributed by atoms with Crippen LogP contribution in [0.25, 0.3) is 0 Å². The molecule has 0 aliphatic rings. The van der Waals surface area contributed by atoms with Crippen molar-refractivity contribution in [2.45, 2.75) is 6.92 Å². The van der Waals surface area contributed by atoms with Gasteiger partial charge in [-0.25, -0.2) is 9.97 Å². The molecule has 3 rings (SSSR count). The lowest BCUT2D eigenvalue weighted by molar-refractivity contribution is 0.0988. The molecule has 1 aromatic heterocycles. The Kier molecular flexibility index (Phi) is 5.09. The normalized spacial score (nSPS) is 10.4. The van der Waals surface area contributed by atoms with Crippen LogP contribution in [0.5, 0.6) is 0 Å². The number of anilines is 3. The fourth-order valence-corrected chi connectivity index (χ4v) is 2.66. The molecule has 1 N–H and O–H groups in total. The average molecular weight is 397 g/mol. The third-order valence-electron chi connectivity index (χ3n) is 3.75. The van der Waals surface area contributed by atoms with Gasteiger partial charge in [0.15, 0.2) is 0 Å². The molecule has 0 unspecified atom stereocenters. The Bertz CT molecular complexity index is 899. The maximum Gasteiger partial charge on any atom is 0.276 e. The number of amides is 1. The lowest BCUT2D eigenvalue weighted by Crippen LogP contribution is -2.27. The number of hydrogen-bond donors (Lipinski definition) is 1. The van der Waals surface area contributed by atoms with Crippen molar-refractivity contribution >= 4 is 39.2 Å². The fraction of sp³-hybridized carbons (Fsp3) is 0.105. The zero-order chi connectivity index (χ0) is 17.8. The Hall–Kier alpha value is -2.73. The van der Waals surface area contributed by atoms with Crippen molar-refractivity contribution in [3.8, 4) is 0 Å². The first-order chi connectivity index (χ1) is 12.0. The van der Waals surface area contributed by atoms with Crippen molar-refractivity contribution in [1.82, 2.24) is 9.97 Å². The van der Waals surface area contributed by atoms with Crippen LogP contribution in [0.3, 0.4) is 0 Å². The zero-order valence-corrected chi connectivity index (χ0v) is 15.5. The number of rotatable bonds is 4. The van der Waals surface area contributed by atoms with Crippen LogP contribution >= 0.6 is 15.9 Å². The number of nitrogens with one attached hydrogen (secondary N) is 1. The highest BCUT2D eigenvalue weighted by atomic mass is 79.9. The van der Waals surface area contributed by atoms with E-state index >= 15 is 0 Å².